The maximum atomic E-state index is 14.0. The van der Waals surface area contributed by atoms with Gasteiger partial charge >= 0.3 is 0 Å². The Kier molecular flexibility index (Phi) is 14.2. The third-order valence-electron chi connectivity index (χ3n) is 13.4. The maximum absolute atomic E-state index is 14.0. The van der Waals surface area contributed by atoms with Crippen molar-refractivity contribution in [2.75, 3.05) is 41.3 Å². The number of aromatic amines is 1. The number of rotatable bonds is 15. The predicted molar refractivity (Wildman–Crippen MR) is 261 cm³/mol. The van der Waals surface area contributed by atoms with Crippen molar-refractivity contribution >= 4 is 41.9 Å². The lowest BCUT2D eigenvalue weighted by molar-refractivity contribution is 0.309. The van der Waals surface area contributed by atoms with E-state index in [0.717, 1.165) is 70.0 Å². The van der Waals surface area contributed by atoms with Crippen LogP contribution in [0.25, 0.3) is 21.8 Å². The number of likely N-dealkylation sites (tertiary alicyclic amines) is 2. The third kappa shape index (κ3) is 10.7. The first kappa shape index (κ1) is 45.5. The Morgan fingerprint density at radius 2 is 1.22 bits per heavy atom. The number of likely N-dealkylation sites (N-methyl/N-ethyl adjacent to an activating group) is 2. The Bertz CT molecular complexity index is 2830. The van der Waals surface area contributed by atoms with E-state index in [2.05, 4.69) is 87.0 Å². The minimum Gasteiger partial charge on any atom is -0.361 e. The Morgan fingerprint density at radius 3 is 1.80 bits per heavy atom. The molecule has 2 saturated heterocycles. The molecule has 10 nitrogen and oxygen atoms in total. The summed E-state index contributed by atoms with van der Waals surface area (Å²) in [5, 5.41) is 2.30. The average molecular weight is 899 g/mol. The second-order valence-electron chi connectivity index (χ2n) is 17.7. The molecule has 9 rings (SSSR count). The Hall–Kier alpha value is -5.08. The van der Waals surface area contributed by atoms with Crippen LogP contribution in [0.4, 0.5) is 0 Å². The number of nitrogens with one attached hydrogen (secondary N) is 2. The van der Waals surface area contributed by atoms with Crippen LogP contribution >= 0.6 is 0 Å². The number of aromatic nitrogens is 2. The maximum Gasteiger partial charge on any atom is 0.218 e. The quantitative estimate of drug-likeness (QED) is 0.107. The number of H-pyrrole nitrogens is 1. The van der Waals surface area contributed by atoms with Gasteiger partial charge in [-0.15, -0.1) is 0 Å². The molecule has 2 atom stereocenters. The highest BCUT2D eigenvalue weighted by atomic mass is 32.2. The van der Waals surface area contributed by atoms with Crippen molar-refractivity contribution in [1.82, 2.24) is 28.4 Å². The molecule has 2 fully saturated rings. The number of fused-ring (bicyclic) bond motifs is 2. The fraction of sp³-hybridized carbons (Fsp3) is 0.346. The van der Waals surface area contributed by atoms with Crippen molar-refractivity contribution in [3.05, 3.63) is 179 Å². The molecule has 2 N–H and O–H groups in total. The zero-order valence-corrected chi connectivity index (χ0v) is 39.2. The number of benzene rings is 5. The first-order valence-corrected chi connectivity index (χ1v) is 25.7. The summed E-state index contributed by atoms with van der Waals surface area (Å²) in [6, 6.07) is 43.0. The Morgan fingerprint density at radius 1 is 0.672 bits per heavy atom. The molecule has 2 aliphatic heterocycles. The van der Waals surface area contributed by atoms with E-state index in [-0.39, 0.29) is 11.5 Å². The van der Waals surface area contributed by atoms with Crippen molar-refractivity contribution in [3.8, 4) is 0 Å². The highest BCUT2D eigenvalue weighted by Crippen LogP contribution is 2.33. The highest BCUT2D eigenvalue weighted by Gasteiger charge is 2.30. The smallest absolute Gasteiger partial charge is 0.218 e. The van der Waals surface area contributed by atoms with Gasteiger partial charge in [0.1, 0.15) is 0 Å². The molecule has 7 aromatic rings. The molecule has 12 heteroatoms. The summed E-state index contributed by atoms with van der Waals surface area (Å²) in [6.07, 6.45) is 11.2. The highest BCUT2D eigenvalue weighted by molar-refractivity contribution is 7.88. The van der Waals surface area contributed by atoms with E-state index in [4.69, 9.17) is 0 Å². The van der Waals surface area contributed by atoms with E-state index < -0.39 is 26.1 Å². The second-order valence-corrected chi connectivity index (χ2v) is 21.7. The number of hydrogen-bond donors (Lipinski definition) is 2. The summed E-state index contributed by atoms with van der Waals surface area (Å²) in [5.74, 6) is -0.0321. The molecule has 0 saturated carbocycles. The normalized spacial score (nSPS) is 17.5. The first-order valence-electron chi connectivity index (χ1n) is 22.5. The van der Waals surface area contributed by atoms with Crippen molar-refractivity contribution < 1.29 is 16.8 Å². The van der Waals surface area contributed by atoms with Crippen LogP contribution in [-0.2, 0) is 50.9 Å². The van der Waals surface area contributed by atoms with Gasteiger partial charge < -0.3 is 19.4 Å². The predicted octanol–water partition coefficient (Wildman–Crippen LogP) is 8.73. The minimum absolute atomic E-state index is 0.0212. The van der Waals surface area contributed by atoms with Crippen molar-refractivity contribution in [2.24, 2.45) is 0 Å². The van der Waals surface area contributed by atoms with E-state index in [1.54, 1.807) is 7.05 Å². The van der Waals surface area contributed by atoms with Gasteiger partial charge in [0.15, 0.2) is 0 Å². The van der Waals surface area contributed by atoms with Crippen LogP contribution in [0.5, 0.6) is 0 Å². The molecule has 0 unspecified atom stereocenters. The molecule has 5 aromatic carbocycles. The molecule has 4 heterocycles. The largest absolute Gasteiger partial charge is 0.361 e. The van der Waals surface area contributed by atoms with Gasteiger partial charge in [-0.1, -0.05) is 103 Å². The van der Waals surface area contributed by atoms with Crippen LogP contribution in [0, 0.1) is 0 Å². The van der Waals surface area contributed by atoms with Crippen LogP contribution in [0.1, 0.15) is 70.7 Å². The molecule has 2 aliphatic rings. The molecule has 0 radical (unpaired) electrons. The molecule has 336 valence electrons. The number of nitrogens with zero attached hydrogens (tertiary/aromatic N) is 4. The molecule has 2 aromatic heterocycles. The second kappa shape index (κ2) is 20.0. The first-order chi connectivity index (χ1) is 30.9. The van der Waals surface area contributed by atoms with E-state index in [9.17, 15) is 16.8 Å². The summed E-state index contributed by atoms with van der Waals surface area (Å²) >= 11 is 0. The van der Waals surface area contributed by atoms with Gasteiger partial charge in [-0.25, -0.2) is 21.6 Å². The molecular formula is C52H62N6O4S2. The zero-order chi connectivity index (χ0) is 44.8. The summed E-state index contributed by atoms with van der Waals surface area (Å²) in [7, 11) is 0.664. The summed E-state index contributed by atoms with van der Waals surface area (Å²) in [6.45, 7) is 3.08. The summed E-state index contributed by atoms with van der Waals surface area (Å²) < 4.78 is 57.7. The van der Waals surface area contributed by atoms with Crippen LogP contribution < -0.4 is 4.72 Å². The monoisotopic (exact) mass is 898 g/mol. The fourth-order valence-electron chi connectivity index (χ4n) is 9.70. The van der Waals surface area contributed by atoms with Gasteiger partial charge in [0.05, 0.1) is 17.5 Å². The lowest BCUT2D eigenvalue weighted by atomic mass is 9.99. The van der Waals surface area contributed by atoms with Crippen molar-refractivity contribution in [3.63, 3.8) is 0 Å². The van der Waals surface area contributed by atoms with Crippen LogP contribution in [0.2, 0.25) is 0 Å². The summed E-state index contributed by atoms with van der Waals surface area (Å²) in [4.78, 5) is 8.16. The Balaban J connectivity index is 0.000000214. The lowest BCUT2D eigenvalue weighted by Gasteiger charge is -2.28. The number of sulfonamides is 2. The van der Waals surface area contributed by atoms with E-state index in [1.165, 1.54) is 60.3 Å². The lowest BCUT2D eigenvalue weighted by Crippen LogP contribution is -2.33. The standard InChI is InChI=1S/C36H39N3O2S.C16H23N3O2S/c1-37-22-12-19-33(37)24-32-26-39(25-28-13-6-3-7-14-28)35-21-20-29(23-34(32)35)27-42(40,41)38(2)36(30-15-8-4-9-16-30)31-17-10-5-11-18-31;1-17-22(20,21)11-12-5-6-16-15(8-12)13(10-18-16)9-14-4-3-7-19(14)2/h3-11,13-18,20-21,23,26,33,36H,12,19,22,24-25,27H2,1-2H3;5-6,8,10,14,17-18H,3-4,7,9,11H2,1-2H3/t33-;14-/m11/s1. The van der Waals surface area contributed by atoms with Crippen LogP contribution in [0.3, 0.4) is 0 Å². The SMILES string of the molecule is CN1CCC[C@@H]1Cc1cn(Cc2ccccc2)c2ccc(CS(=O)(=O)N(C)C(c3ccccc3)c3ccccc3)cc12.CNS(=O)(=O)Cc1ccc2[nH]cc(C[C@H]3CCCN3C)c2c1. The van der Waals surface area contributed by atoms with Crippen LogP contribution in [-0.4, -0.2) is 93.9 Å². The summed E-state index contributed by atoms with van der Waals surface area (Å²) in [5.41, 5.74) is 9.57. The van der Waals surface area contributed by atoms with Gasteiger partial charge in [-0.3, -0.25) is 0 Å². The minimum atomic E-state index is -3.64. The van der Waals surface area contributed by atoms with Crippen molar-refractivity contribution in [1.29, 1.82) is 0 Å². The van der Waals surface area contributed by atoms with Gasteiger partial charge in [-0.05, 0) is 136 Å². The van der Waals surface area contributed by atoms with E-state index in [0.29, 0.717) is 12.1 Å². The van der Waals surface area contributed by atoms with E-state index >= 15 is 0 Å². The molecule has 0 spiro atoms. The topological polar surface area (TPSA) is 111 Å². The zero-order valence-electron chi connectivity index (χ0n) is 37.5. The fourth-order valence-corrected chi connectivity index (χ4v) is 11.8. The van der Waals surface area contributed by atoms with Crippen molar-refractivity contribution in [2.45, 2.75) is 74.7 Å². The number of hydrogen-bond acceptors (Lipinski definition) is 6. The molecular weight excluding hydrogens is 837 g/mol. The van der Waals surface area contributed by atoms with Gasteiger partial charge in [0, 0.05) is 59.9 Å². The van der Waals surface area contributed by atoms with Crippen LogP contribution in [0.15, 0.2) is 140 Å². The third-order valence-corrected chi connectivity index (χ3v) is 16.5. The molecule has 64 heavy (non-hydrogen) atoms. The molecule has 0 amide bonds. The van der Waals surface area contributed by atoms with Gasteiger partial charge in [-0.2, -0.15) is 4.31 Å². The van der Waals surface area contributed by atoms with Gasteiger partial charge in [0.2, 0.25) is 20.0 Å². The molecule has 0 bridgehead atoms. The van der Waals surface area contributed by atoms with Gasteiger partial charge in [0.25, 0.3) is 0 Å². The van der Waals surface area contributed by atoms with E-state index in [1.807, 2.05) is 91.0 Å². The Labute approximate surface area is 380 Å². The average Bonchev–Trinajstić information content (AvgIpc) is 4.09. The molecule has 0 aliphatic carbocycles.